The molecule has 2 aromatic carbocycles. The van der Waals surface area contributed by atoms with Gasteiger partial charge in [0.15, 0.2) is 0 Å². The Hall–Kier alpha value is -1.87. The van der Waals surface area contributed by atoms with Crippen LogP contribution >= 0.6 is 0 Å². The van der Waals surface area contributed by atoms with Gasteiger partial charge in [0.25, 0.3) is 0 Å². The second-order valence-corrected chi connectivity index (χ2v) is 6.23. The van der Waals surface area contributed by atoms with E-state index in [1.54, 1.807) is 6.92 Å². The zero-order chi connectivity index (χ0) is 15.0. The molecule has 0 spiro atoms. The number of benzene rings is 2. The molecule has 1 aliphatic carbocycles. The normalized spacial score (nSPS) is 16.0. The number of nitrogens with two attached hydrogens (primary N) is 1. The van der Waals surface area contributed by atoms with E-state index in [0.29, 0.717) is 6.42 Å². The highest BCUT2D eigenvalue weighted by atomic mass is 16.2. The average Bonchev–Trinajstić information content (AvgIpc) is 2.87. The summed E-state index contributed by atoms with van der Waals surface area (Å²) in [6, 6.07) is 10.5. The zero-order valence-corrected chi connectivity index (χ0v) is 12.7. The monoisotopic (exact) mass is 282 g/mol. The first-order valence-corrected chi connectivity index (χ1v) is 7.67. The van der Waals surface area contributed by atoms with Crippen LogP contribution in [-0.4, -0.2) is 11.4 Å². The Labute approximate surface area is 125 Å². The second-order valence-electron chi connectivity index (χ2n) is 6.23. The first-order chi connectivity index (χ1) is 10.0. The highest BCUT2D eigenvalue weighted by Crippen LogP contribution is 2.35. The van der Waals surface area contributed by atoms with Crippen molar-refractivity contribution in [1.29, 1.82) is 0 Å². The number of carbonyl (C=O) groups is 1. The van der Waals surface area contributed by atoms with Crippen molar-refractivity contribution in [2.75, 3.05) is 5.32 Å². The molecule has 21 heavy (non-hydrogen) atoms. The summed E-state index contributed by atoms with van der Waals surface area (Å²) >= 11 is 0. The van der Waals surface area contributed by atoms with E-state index in [2.05, 4.69) is 29.6 Å². The fourth-order valence-electron chi connectivity index (χ4n) is 3.25. The molecular weight excluding hydrogens is 260 g/mol. The molecule has 0 fully saturated rings. The van der Waals surface area contributed by atoms with Crippen LogP contribution in [0.5, 0.6) is 0 Å². The fraction of sp³-hybridized carbons (Fsp3) is 0.389. The summed E-state index contributed by atoms with van der Waals surface area (Å²) in [5, 5.41) is 5.47. The summed E-state index contributed by atoms with van der Waals surface area (Å²) in [7, 11) is 0. The molecule has 0 radical (unpaired) electrons. The van der Waals surface area contributed by atoms with Gasteiger partial charge in [0.1, 0.15) is 0 Å². The standard InChI is InChI=1S/C18H22N2O/c1-3-11-18(2,19)17(21)20-15-10-9-13-8-7-12-5-4-6-14(15)16(12)13/h4-6,9-10H,3,7-8,11,19H2,1-2H3,(H,20,21). The van der Waals surface area contributed by atoms with Gasteiger partial charge in [0.05, 0.1) is 5.54 Å². The molecule has 0 saturated heterocycles. The minimum atomic E-state index is -0.822. The first-order valence-electron chi connectivity index (χ1n) is 7.67. The lowest BCUT2D eigenvalue weighted by Gasteiger charge is -2.23. The van der Waals surface area contributed by atoms with Crippen LogP contribution in [0.4, 0.5) is 5.69 Å². The van der Waals surface area contributed by atoms with Gasteiger partial charge in [0.2, 0.25) is 5.91 Å². The third kappa shape index (κ3) is 2.42. The number of carbonyl (C=O) groups excluding carboxylic acids is 1. The van der Waals surface area contributed by atoms with Crippen LogP contribution in [0.15, 0.2) is 30.3 Å². The quantitative estimate of drug-likeness (QED) is 0.903. The summed E-state index contributed by atoms with van der Waals surface area (Å²) in [4.78, 5) is 12.4. The largest absolute Gasteiger partial charge is 0.324 e. The summed E-state index contributed by atoms with van der Waals surface area (Å²) in [6.45, 7) is 3.84. The van der Waals surface area contributed by atoms with Crippen molar-refractivity contribution in [2.24, 2.45) is 5.73 Å². The molecule has 0 aliphatic heterocycles. The fourth-order valence-corrected chi connectivity index (χ4v) is 3.25. The lowest BCUT2D eigenvalue weighted by Crippen LogP contribution is -2.48. The summed E-state index contributed by atoms with van der Waals surface area (Å²) in [6.07, 6.45) is 3.76. The predicted molar refractivity (Wildman–Crippen MR) is 87.5 cm³/mol. The molecule has 2 aromatic rings. The zero-order valence-electron chi connectivity index (χ0n) is 12.7. The van der Waals surface area contributed by atoms with Crippen molar-refractivity contribution in [3.05, 3.63) is 41.5 Å². The average molecular weight is 282 g/mol. The van der Waals surface area contributed by atoms with E-state index in [-0.39, 0.29) is 5.91 Å². The summed E-state index contributed by atoms with van der Waals surface area (Å²) in [5.74, 6) is -0.108. The van der Waals surface area contributed by atoms with Crippen molar-refractivity contribution in [2.45, 2.75) is 45.1 Å². The van der Waals surface area contributed by atoms with E-state index in [4.69, 9.17) is 5.73 Å². The van der Waals surface area contributed by atoms with Gasteiger partial charge in [-0.05, 0) is 48.8 Å². The number of rotatable bonds is 4. The molecule has 3 nitrogen and oxygen atoms in total. The van der Waals surface area contributed by atoms with Gasteiger partial charge in [-0.1, -0.05) is 37.6 Å². The maximum absolute atomic E-state index is 12.4. The van der Waals surface area contributed by atoms with Crippen LogP contribution in [0.3, 0.4) is 0 Å². The van der Waals surface area contributed by atoms with E-state index in [0.717, 1.165) is 30.3 Å². The number of nitrogens with one attached hydrogen (secondary N) is 1. The van der Waals surface area contributed by atoms with Gasteiger partial charge >= 0.3 is 0 Å². The van der Waals surface area contributed by atoms with Crippen LogP contribution in [0.1, 0.15) is 37.8 Å². The van der Waals surface area contributed by atoms with E-state index < -0.39 is 5.54 Å². The number of aryl methyl sites for hydroxylation is 2. The molecule has 1 amide bonds. The SMILES string of the molecule is CCCC(C)(N)C(=O)Nc1ccc2c3c(cccc13)CC2. The van der Waals surface area contributed by atoms with Gasteiger partial charge in [-0.3, -0.25) is 4.79 Å². The number of amides is 1. The van der Waals surface area contributed by atoms with Crippen molar-refractivity contribution in [1.82, 2.24) is 0 Å². The minimum absolute atomic E-state index is 0.108. The summed E-state index contributed by atoms with van der Waals surface area (Å²) in [5.41, 5.74) is 8.93. The van der Waals surface area contributed by atoms with E-state index in [1.807, 2.05) is 13.0 Å². The third-order valence-electron chi connectivity index (χ3n) is 4.41. The number of hydrogen-bond donors (Lipinski definition) is 2. The minimum Gasteiger partial charge on any atom is -0.324 e. The van der Waals surface area contributed by atoms with E-state index in [1.165, 1.54) is 16.5 Å². The topological polar surface area (TPSA) is 55.1 Å². The third-order valence-corrected chi connectivity index (χ3v) is 4.41. The highest BCUT2D eigenvalue weighted by Gasteiger charge is 2.28. The Balaban J connectivity index is 1.98. The maximum Gasteiger partial charge on any atom is 0.244 e. The molecule has 0 saturated carbocycles. The predicted octanol–water partition coefficient (Wildman–Crippen LogP) is 3.39. The molecular formula is C18H22N2O. The first kappa shape index (κ1) is 14.1. The Morgan fingerprint density at radius 1 is 1.24 bits per heavy atom. The molecule has 1 atom stereocenters. The van der Waals surface area contributed by atoms with E-state index >= 15 is 0 Å². The Bertz CT molecular complexity index is 693. The molecule has 0 bridgehead atoms. The molecule has 110 valence electrons. The van der Waals surface area contributed by atoms with Crippen LogP contribution in [-0.2, 0) is 17.6 Å². The van der Waals surface area contributed by atoms with Crippen molar-refractivity contribution in [3.8, 4) is 0 Å². The molecule has 1 aliphatic rings. The number of anilines is 1. The highest BCUT2D eigenvalue weighted by molar-refractivity contribution is 6.07. The van der Waals surface area contributed by atoms with Gasteiger partial charge in [-0.15, -0.1) is 0 Å². The molecule has 1 unspecified atom stereocenters. The summed E-state index contributed by atoms with van der Waals surface area (Å²) < 4.78 is 0. The molecule has 0 aromatic heterocycles. The molecule has 3 N–H and O–H groups in total. The van der Waals surface area contributed by atoms with Gasteiger partial charge in [0, 0.05) is 11.1 Å². The Kier molecular flexibility index (Phi) is 3.46. The number of hydrogen-bond acceptors (Lipinski definition) is 2. The molecule has 3 rings (SSSR count). The van der Waals surface area contributed by atoms with Crippen molar-refractivity contribution in [3.63, 3.8) is 0 Å². The van der Waals surface area contributed by atoms with Crippen molar-refractivity contribution < 1.29 is 4.79 Å². The van der Waals surface area contributed by atoms with Crippen LogP contribution in [0.2, 0.25) is 0 Å². The van der Waals surface area contributed by atoms with Crippen LogP contribution in [0.25, 0.3) is 10.8 Å². The lowest BCUT2D eigenvalue weighted by molar-refractivity contribution is -0.120. The molecule has 0 heterocycles. The van der Waals surface area contributed by atoms with Crippen LogP contribution < -0.4 is 11.1 Å². The van der Waals surface area contributed by atoms with Gasteiger partial charge < -0.3 is 11.1 Å². The smallest absolute Gasteiger partial charge is 0.244 e. The second kappa shape index (κ2) is 5.15. The van der Waals surface area contributed by atoms with Crippen molar-refractivity contribution >= 4 is 22.4 Å². The van der Waals surface area contributed by atoms with Gasteiger partial charge in [-0.2, -0.15) is 0 Å². The lowest BCUT2D eigenvalue weighted by atomic mass is 9.96. The maximum atomic E-state index is 12.4. The van der Waals surface area contributed by atoms with E-state index in [9.17, 15) is 4.79 Å². The Morgan fingerprint density at radius 3 is 2.67 bits per heavy atom. The van der Waals surface area contributed by atoms with Crippen LogP contribution in [0, 0.1) is 0 Å². The molecule has 3 heteroatoms. The van der Waals surface area contributed by atoms with Gasteiger partial charge in [-0.25, -0.2) is 0 Å². The Morgan fingerprint density at radius 2 is 1.95 bits per heavy atom.